The van der Waals surface area contributed by atoms with Crippen molar-refractivity contribution in [1.82, 2.24) is 9.97 Å². The standard InChI is InChI=1S/C23H21N3O4S/c1-3-31(27,28)19-7-8-21(29-2)20(14-19)26-23-25-15-22(30-23)18-6-4-5-17(13-18)16-9-11-24-12-10-16/h4-15H,3H2,1-2H3,(H,25,26). The van der Waals surface area contributed by atoms with E-state index in [0.717, 1.165) is 16.7 Å². The summed E-state index contributed by atoms with van der Waals surface area (Å²) in [5, 5.41) is 3.02. The van der Waals surface area contributed by atoms with Gasteiger partial charge in [-0.2, -0.15) is 0 Å². The van der Waals surface area contributed by atoms with Crippen LogP contribution >= 0.6 is 0 Å². The molecular formula is C23H21N3O4S. The number of pyridine rings is 1. The molecule has 8 heteroatoms. The van der Waals surface area contributed by atoms with Gasteiger partial charge in [0.25, 0.3) is 6.01 Å². The lowest BCUT2D eigenvalue weighted by atomic mass is 10.0. The summed E-state index contributed by atoms with van der Waals surface area (Å²) in [4.78, 5) is 8.54. The lowest BCUT2D eigenvalue weighted by molar-refractivity contribution is 0.416. The van der Waals surface area contributed by atoms with Crippen LogP contribution in [0, 0.1) is 0 Å². The van der Waals surface area contributed by atoms with Crippen molar-refractivity contribution < 1.29 is 17.6 Å². The second kappa shape index (κ2) is 8.61. The molecule has 0 atom stereocenters. The van der Waals surface area contributed by atoms with Gasteiger partial charge < -0.3 is 14.5 Å². The van der Waals surface area contributed by atoms with Crippen molar-refractivity contribution in [3.63, 3.8) is 0 Å². The molecule has 0 saturated heterocycles. The number of ether oxygens (including phenoxy) is 1. The van der Waals surface area contributed by atoms with E-state index in [1.165, 1.54) is 19.2 Å². The van der Waals surface area contributed by atoms with Crippen molar-refractivity contribution in [2.75, 3.05) is 18.2 Å². The van der Waals surface area contributed by atoms with Crippen molar-refractivity contribution in [2.45, 2.75) is 11.8 Å². The smallest absolute Gasteiger partial charge is 0.299 e. The van der Waals surface area contributed by atoms with Crippen LogP contribution < -0.4 is 10.1 Å². The Labute approximate surface area is 180 Å². The fraction of sp³-hybridized carbons (Fsp3) is 0.130. The topological polar surface area (TPSA) is 94.3 Å². The van der Waals surface area contributed by atoms with Crippen LogP contribution in [-0.4, -0.2) is 31.2 Å². The Kier molecular flexibility index (Phi) is 5.73. The molecule has 0 saturated carbocycles. The minimum Gasteiger partial charge on any atom is -0.495 e. The van der Waals surface area contributed by atoms with Crippen molar-refractivity contribution in [3.05, 3.63) is 73.2 Å². The van der Waals surface area contributed by atoms with Crippen molar-refractivity contribution in [3.8, 4) is 28.2 Å². The van der Waals surface area contributed by atoms with E-state index < -0.39 is 9.84 Å². The molecule has 0 amide bonds. The molecular weight excluding hydrogens is 414 g/mol. The number of aromatic nitrogens is 2. The monoisotopic (exact) mass is 435 g/mol. The zero-order valence-corrected chi connectivity index (χ0v) is 17.9. The molecule has 2 aromatic carbocycles. The zero-order valence-electron chi connectivity index (χ0n) is 17.1. The van der Waals surface area contributed by atoms with Crippen LogP contribution in [0.2, 0.25) is 0 Å². The summed E-state index contributed by atoms with van der Waals surface area (Å²) in [5.41, 5.74) is 3.40. The van der Waals surface area contributed by atoms with Crippen LogP contribution in [0.4, 0.5) is 11.7 Å². The maximum atomic E-state index is 12.2. The predicted octanol–water partition coefficient (Wildman–Crippen LogP) is 4.95. The number of nitrogens with one attached hydrogen (secondary N) is 1. The average molecular weight is 436 g/mol. The molecule has 0 bridgehead atoms. The Hall–Kier alpha value is -3.65. The molecule has 31 heavy (non-hydrogen) atoms. The number of methoxy groups -OCH3 is 1. The van der Waals surface area contributed by atoms with E-state index in [0.29, 0.717) is 17.2 Å². The normalized spacial score (nSPS) is 11.3. The number of anilines is 2. The number of nitrogens with zero attached hydrogens (tertiary/aromatic N) is 2. The van der Waals surface area contributed by atoms with Gasteiger partial charge in [0.1, 0.15) is 5.75 Å². The van der Waals surface area contributed by atoms with Crippen LogP contribution in [-0.2, 0) is 9.84 Å². The van der Waals surface area contributed by atoms with Gasteiger partial charge in [0.05, 0.1) is 29.6 Å². The molecule has 0 spiro atoms. The van der Waals surface area contributed by atoms with E-state index in [-0.39, 0.29) is 16.7 Å². The molecule has 2 aromatic heterocycles. The van der Waals surface area contributed by atoms with Crippen molar-refractivity contribution >= 4 is 21.5 Å². The highest BCUT2D eigenvalue weighted by atomic mass is 32.2. The first-order chi connectivity index (χ1) is 15.0. The summed E-state index contributed by atoms with van der Waals surface area (Å²) in [6.45, 7) is 1.60. The third-order valence-corrected chi connectivity index (χ3v) is 6.55. The van der Waals surface area contributed by atoms with Gasteiger partial charge in [0, 0.05) is 18.0 Å². The Morgan fingerprint density at radius 3 is 2.52 bits per heavy atom. The van der Waals surface area contributed by atoms with Gasteiger partial charge in [-0.05, 0) is 47.5 Å². The Balaban J connectivity index is 1.63. The summed E-state index contributed by atoms with van der Waals surface area (Å²) in [7, 11) is -1.84. The van der Waals surface area contributed by atoms with Gasteiger partial charge in [-0.3, -0.25) is 4.98 Å². The summed E-state index contributed by atoms with van der Waals surface area (Å²) >= 11 is 0. The number of oxazole rings is 1. The molecule has 0 fully saturated rings. The van der Waals surface area contributed by atoms with Gasteiger partial charge in [-0.1, -0.05) is 25.1 Å². The van der Waals surface area contributed by atoms with Gasteiger partial charge in [0.2, 0.25) is 0 Å². The SMILES string of the molecule is CCS(=O)(=O)c1ccc(OC)c(Nc2ncc(-c3cccc(-c4ccncc4)c3)o2)c1. The largest absolute Gasteiger partial charge is 0.495 e. The number of sulfone groups is 1. The summed E-state index contributed by atoms with van der Waals surface area (Å²) in [5.74, 6) is 1.07. The molecule has 158 valence electrons. The quantitative estimate of drug-likeness (QED) is 0.439. The Bertz CT molecular complexity index is 1300. The molecule has 1 N–H and O–H groups in total. The minimum atomic E-state index is -3.36. The van der Waals surface area contributed by atoms with Gasteiger partial charge in [-0.15, -0.1) is 0 Å². The molecule has 0 aliphatic carbocycles. The fourth-order valence-corrected chi connectivity index (χ4v) is 4.03. The van der Waals surface area contributed by atoms with Gasteiger partial charge in [-0.25, -0.2) is 13.4 Å². The third kappa shape index (κ3) is 4.44. The summed E-state index contributed by atoms with van der Waals surface area (Å²) in [6.07, 6.45) is 5.12. The molecule has 4 aromatic rings. The van der Waals surface area contributed by atoms with E-state index in [1.807, 2.05) is 36.4 Å². The second-order valence-electron chi connectivity index (χ2n) is 6.74. The minimum absolute atomic E-state index is 0.00966. The van der Waals surface area contributed by atoms with E-state index >= 15 is 0 Å². The van der Waals surface area contributed by atoms with Crippen LogP contribution in [0.15, 0.2) is 82.5 Å². The molecule has 7 nitrogen and oxygen atoms in total. The predicted molar refractivity (Wildman–Crippen MR) is 119 cm³/mol. The lowest BCUT2D eigenvalue weighted by Crippen LogP contribution is -2.05. The number of benzene rings is 2. The number of hydrogen-bond donors (Lipinski definition) is 1. The molecule has 0 aliphatic rings. The fourth-order valence-electron chi connectivity index (χ4n) is 3.12. The zero-order chi connectivity index (χ0) is 21.8. The first-order valence-electron chi connectivity index (χ1n) is 9.64. The van der Waals surface area contributed by atoms with E-state index in [9.17, 15) is 8.42 Å². The highest BCUT2D eigenvalue weighted by Gasteiger charge is 2.16. The maximum Gasteiger partial charge on any atom is 0.299 e. The summed E-state index contributed by atoms with van der Waals surface area (Å²) < 4.78 is 35.7. The van der Waals surface area contributed by atoms with Crippen LogP contribution in [0.25, 0.3) is 22.5 Å². The summed E-state index contributed by atoms with van der Waals surface area (Å²) in [6, 6.07) is 16.7. The molecule has 0 unspecified atom stereocenters. The number of hydrogen-bond acceptors (Lipinski definition) is 7. The van der Waals surface area contributed by atoms with Crippen molar-refractivity contribution in [2.24, 2.45) is 0 Å². The number of rotatable bonds is 7. The first-order valence-corrected chi connectivity index (χ1v) is 11.3. The molecule has 0 radical (unpaired) electrons. The second-order valence-corrected chi connectivity index (χ2v) is 9.02. The van der Waals surface area contributed by atoms with E-state index in [1.54, 1.807) is 31.6 Å². The van der Waals surface area contributed by atoms with E-state index in [2.05, 4.69) is 15.3 Å². The molecule has 4 rings (SSSR count). The van der Waals surface area contributed by atoms with Gasteiger partial charge in [0.15, 0.2) is 15.6 Å². The molecule has 2 heterocycles. The van der Waals surface area contributed by atoms with Gasteiger partial charge >= 0.3 is 0 Å². The highest BCUT2D eigenvalue weighted by Crippen LogP contribution is 2.32. The first kappa shape index (κ1) is 20.6. The van der Waals surface area contributed by atoms with Crippen LogP contribution in [0.5, 0.6) is 5.75 Å². The van der Waals surface area contributed by atoms with E-state index in [4.69, 9.17) is 9.15 Å². The Morgan fingerprint density at radius 1 is 1.00 bits per heavy atom. The average Bonchev–Trinajstić information content (AvgIpc) is 3.28. The molecule has 0 aliphatic heterocycles. The highest BCUT2D eigenvalue weighted by molar-refractivity contribution is 7.91. The van der Waals surface area contributed by atoms with Crippen LogP contribution in [0.3, 0.4) is 0 Å². The lowest BCUT2D eigenvalue weighted by Gasteiger charge is -2.11. The third-order valence-electron chi connectivity index (χ3n) is 4.82. The maximum absolute atomic E-state index is 12.2. The Morgan fingerprint density at radius 2 is 1.77 bits per heavy atom. The van der Waals surface area contributed by atoms with Crippen molar-refractivity contribution in [1.29, 1.82) is 0 Å². The van der Waals surface area contributed by atoms with Crippen LogP contribution in [0.1, 0.15) is 6.92 Å².